The third-order valence-electron chi connectivity index (χ3n) is 3.09. The lowest BCUT2D eigenvalue weighted by Crippen LogP contribution is -2.52. The van der Waals surface area contributed by atoms with Gasteiger partial charge in [0.2, 0.25) is 0 Å². The van der Waals surface area contributed by atoms with Gasteiger partial charge in [-0.25, -0.2) is 0 Å². The summed E-state index contributed by atoms with van der Waals surface area (Å²) in [6.07, 6.45) is 1.11. The van der Waals surface area contributed by atoms with Crippen molar-refractivity contribution in [2.75, 3.05) is 33.5 Å². The molecule has 1 atom stereocenters. The van der Waals surface area contributed by atoms with Crippen molar-refractivity contribution in [2.24, 2.45) is 0 Å². The van der Waals surface area contributed by atoms with E-state index in [2.05, 4.69) is 45.8 Å². The summed E-state index contributed by atoms with van der Waals surface area (Å²) in [7, 11) is -3.64. The van der Waals surface area contributed by atoms with Crippen LogP contribution in [0.25, 0.3) is 0 Å². The number of ether oxygens (including phenoxy) is 3. The van der Waals surface area contributed by atoms with Gasteiger partial charge < -0.3 is 22.4 Å². The Morgan fingerprint density at radius 1 is 0.750 bits per heavy atom. The average molecular weight is 397 g/mol. The van der Waals surface area contributed by atoms with Crippen LogP contribution in [0, 0.1) is 0 Å². The molecule has 0 amide bonds. The van der Waals surface area contributed by atoms with Crippen LogP contribution in [-0.4, -0.2) is 64.8 Å². The third kappa shape index (κ3) is 14.8. The van der Waals surface area contributed by atoms with E-state index in [1.54, 1.807) is 7.11 Å². The molecular formula is C16H40O5Si3. The Balaban J connectivity index is 4.07. The Morgan fingerprint density at radius 2 is 1.25 bits per heavy atom. The quantitative estimate of drug-likeness (QED) is 0.325. The van der Waals surface area contributed by atoms with Crippen molar-refractivity contribution < 1.29 is 22.4 Å². The van der Waals surface area contributed by atoms with Gasteiger partial charge in [0.1, 0.15) is 0 Å². The first-order chi connectivity index (χ1) is 10.9. The summed E-state index contributed by atoms with van der Waals surface area (Å²) in [5, 5.41) is 0. The molecule has 8 heteroatoms. The molecular weight excluding hydrogens is 356 g/mol. The Morgan fingerprint density at radius 3 is 1.71 bits per heavy atom. The van der Waals surface area contributed by atoms with Crippen LogP contribution in [0.1, 0.15) is 13.3 Å². The molecule has 0 fully saturated rings. The average Bonchev–Trinajstić information content (AvgIpc) is 2.36. The first-order valence-corrected chi connectivity index (χ1v) is 18.3. The van der Waals surface area contributed by atoms with E-state index >= 15 is 0 Å². The minimum Gasteiger partial charge on any atom is -0.437 e. The maximum absolute atomic E-state index is 6.48. The molecule has 0 N–H and O–H groups in total. The molecule has 0 aromatic rings. The Kier molecular flexibility index (Phi) is 11.4. The Hall–Kier alpha value is 0.451. The summed E-state index contributed by atoms with van der Waals surface area (Å²) < 4.78 is 29.3. The molecule has 146 valence electrons. The lowest BCUT2D eigenvalue weighted by atomic mass is 10.4. The minimum atomic E-state index is -2.12. The van der Waals surface area contributed by atoms with Crippen LogP contribution in [-0.2, 0) is 22.4 Å². The molecule has 0 aliphatic heterocycles. The van der Waals surface area contributed by atoms with Crippen molar-refractivity contribution in [3.05, 3.63) is 0 Å². The first-order valence-electron chi connectivity index (χ1n) is 8.95. The van der Waals surface area contributed by atoms with Crippen LogP contribution >= 0.6 is 0 Å². The van der Waals surface area contributed by atoms with Gasteiger partial charge in [-0.05, 0) is 65.2 Å². The van der Waals surface area contributed by atoms with Crippen molar-refractivity contribution in [3.8, 4) is 0 Å². The van der Waals surface area contributed by atoms with Gasteiger partial charge in [0, 0.05) is 13.7 Å². The fraction of sp³-hybridized carbons (Fsp3) is 1.00. The lowest BCUT2D eigenvalue weighted by molar-refractivity contribution is -0.00630. The molecule has 0 radical (unpaired) electrons. The summed E-state index contributed by atoms with van der Waals surface area (Å²) in [5.41, 5.74) is 0. The largest absolute Gasteiger partial charge is 0.437 e. The molecule has 0 spiro atoms. The molecule has 0 rings (SSSR count). The van der Waals surface area contributed by atoms with Gasteiger partial charge in [0.05, 0.1) is 25.9 Å². The second-order valence-corrected chi connectivity index (χ2v) is 21.2. The molecule has 0 aliphatic carbocycles. The molecule has 1 unspecified atom stereocenters. The van der Waals surface area contributed by atoms with Crippen LogP contribution < -0.4 is 0 Å². The summed E-state index contributed by atoms with van der Waals surface area (Å²) in [6, 6.07) is 0.989. The van der Waals surface area contributed by atoms with Crippen LogP contribution in [0.4, 0.5) is 0 Å². The van der Waals surface area contributed by atoms with E-state index in [1.807, 2.05) is 6.92 Å². The van der Waals surface area contributed by atoms with Gasteiger partial charge in [-0.1, -0.05) is 0 Å². The Labute approximate surface area is 152 Å². The maximum atomic E-state index is 6.48. The van der Waals surface area contributed by atoms with Gasteiger partial charge in [-0.3, -0.25) is 0 Å². The normalized spacial score (nSPS) is 14.9. The van der Waals surface area contributed by atoms with Crippen molar-refractivity contribution in [1.29, 1.82) is 0 Å². The lowest BCUT2D eigenvalue weighted by Gasteiger charge is -2.38. The fourth-order valence-corrected chi connectivity index (χ4v) is 15.0. The van der Waals surface area contributed by atoms with Gasteiger partial charge in [-0.2, -0.15) is 0 Å². The molecule has 0 saturated heterocycles. The molecule has 0 saturated carbocycles. The summed E-state index contributed by atoms with van der Waals surface area (Å²) >= 11 is 0. The molecule has 5 nitrogen and oxygen atoms in total. The van der Waals surface area contributed by atoms with E-state index in [-0.39, 0.29) is 6.10 Å². The zero-order chi connectivity index (χ0) is 18.9. The summed E-state index contributed by atoms with van der Waals surface area (Å²) in [4.78, 5) is 0. The third-order valence-corrected chi connectivity index (χ3v) is 12.7. The SMILES string of the molecule is COC(C)COCCOCCC[Si](C)(O[Si](C)(C)C)O[Si](C)(C)C. The number of hydrogen-bond acceptors (Lipinski definition) is 5. The summed E-state index contributed by atoms with van der Waals surface area (Å²) in [6.45, 7) is 20.2. The minimum absolute atomic E-state index is 0.133. The molecule has 0 aromatic carbocycles. The van der Waals surface area contributed by atoms with Crippen molar-refractivity contribution in [3.63, 3.8) is 0 Å². The maximum Gasteiger partial charge on any atom is 0.314 e. The fourth-order valence-electron chi connectivity index (χ4n) is 2.45. The van der Waals surface area contributed by atoms with E-state index in [0.717, 1.165) is 19.1 Å². The smallest absolute Gasteiger partial charge is 0.314 e. The molecule has 0 bridgehead atoms. The summed E-state index contributed by atoms with van der Waals surface area (Å²) in [5.74, 6) is 0. The second-order valence-electron chi connectivity index (χ2n) is 8.40. The van der Waals surface area contributed by atoms with Crippen LogP contribution in [0.2, 0.25) is 51.9 Å². The molecule has 24 heavy (non-hydrogen) atoms. The highest BCUT2D eigenvalue weighted by Gasteiger charge is 2.39. The number of methoxy groups -OCH3 is 1. The van der Waals surface area contributed by atoms with E-state index in [1.165, 1.54) is 0 Å². The van der Waals surface area contributed by atoms with Gasteiger partial charge in [0.15, 0.2) is 16.6 Å². The standard InChI is InChI=1S/C16H40O5Si3/c1-16(17-2)15-19-13-12-18-11-10-14-24(9,20-22(3,4)5)21-23(6,7)8/h16H,10-15H2,1-9H3. The monoisotopic (exact) mass is 396 g/mol. The molecule has 0 heterocycles. The van der Waals surface area contributed by atoms with E-state index < -0.39 is 25.2 Å². The highest BCUT2D eigenvalue weighted by molar-refractivity contribution is 6.87. The van der Waals surface area contributed by atoms with Gasteiger partial charge in [-0.15, -0.1) is 0 Å². The number of rotatable bonds is 14. The van der Waals surface area contributed by atoms with Crippen molar-refractivity contribution in [1.82, 2.24) is 0 Å². The topological polar surface area (TPSA) is 46.2 Å². The van der Waals surface area contributed by atoms with Crippen molar-refractivity contribution >= 4 is 25.2 Å². The highest BCUT2D eigenvalue weighted by atomic mass is 28.5. The van der Waals surface area contributed by atoms with Gasteiger partial charge >= 0.3 is 8.56 Å². The van der Waals surface area contributed by atoms with Crippen LogP contribution in [0.15, 0.2) is 0 Å². The zero-order valence-corrected chi connectivity index (χ0v) is 20.4. The predicted octanol–water partition coefficient (Wildman–Crippen LogP) is 4.22. The van der Waals surface area contributed by atoms with E-state index in [0.29, 0.717) is 19.8 Å². The zero-order valence-electron chi connectivity index (χ0n) is 17.4. The predicted molar refractivity (Wildman–Crippen MR) is 108 cm³/mol. The first kappa shape index (κ1) is 24.5. The van der Waals surface area contributed by atoms with Crippen molar-refractivity contribution in [2.45, 2.75) is 71.3 Å². The van der Waals surface area contributed by atoms with Crippen LogP contribution in [0.5, 0.6) is 0 Å². The van der Waals surface area contributed by atoms with E-state index in [9.17, 15) is 0 Å². The Bertz CT molecular complexity index is 313. The molecule has 0 aliphatic rings. The van der Waals surface area contributed by atoms with Gasteiger partial charge in [0.25, 0.3) is 0 Å². The second kappa shape index (κ2) is 11.2. The van der Waals surface area contributed by atoms with Crippen LogP contribution in [0.3, 0.4) is 0 Å². The number of hydrogen-bond donors (Lipinski definition) is 0. The highest BCUT2D eigenvalue weighted by Crippen LogP contribution is 2.25. The molecule has 0 aromatic heterocycles. The van der Waals surface area contributed by atoms with E-state index in [4.69, 9.17) is 22.4 Å².